The fourth-order valence-corrected chi connectivity index (χ4v) is 5.11. The Labute approximate surface area is 157 Å². The van der Waals surface area contributed by atoms with Crippen molar-refractivity contribution in [2.45, 2.75) is 31.8 Å². The first-order valence-electron chi connectivity index (χ1n) is 9.59. The van der Waals surface area contributed by atoms with E-state index in [-0.39, 0.29) is 0 Å². The molecule has 3 aromatic rings. The molecule has 2 atom stereocenters. The number of nitrogens with one attached hydrogen (secondary N) is 1. The third-order valence-electron chi connectivity index (χ3n) is 6.49. The molecule has 1 N–H and O–H groups in total. The molecule has 0 fully saturated rings. The van der Waals surface area contributed by atoms with Crippen molar-refractivity contribution < 1.29 is 14.2 Å². The molecule has 3 aliphatic heterocycles. The van der Waals surface area contributed by atoms with E-state index in [1.807, 2.05) is 6.07 Å². The van der Waals surface area contributed by atoms with Gasteiger partial charge < -0.3 is 19.2 Å². The van der Waals surface area contributed by atoms with Gasteiger partial charge in [-0.15, -0.1) is 0 Å². The summed E-state index contributed by atoms with van der Waals surface area (Å²) in [6, 6.07) is 11.4. The zero-order chi connectivity index (χ0) is 18.1. The van der Waals surface area contributed by atoms with Crippen LogP contribution in [0, 0.1) is 0 Å². The number of ether oxygens (including phenoxy) is 3. The first-order valence-corrected chi connectivity index (χ1v) is 9.59. The predicted octanol–water partition coefficient (Wildman–Crippen LogP) is 4.12. The number of nitrogens with zero attached hydrogens (tertiary/aromatic N) is 1. The molecule has 1 unspecified atom stereocenters. The van der Waals surface area contributed by atoms with Crippen molar-refractivity contribution in [2.24, 2.45) is 0 Å². The Morgan fingerprint density at radius 1 is 1.15 bits per heavy atom. The molecular weight excluding hydrogens is 340 g/mol. The van der Waals surface area contributed by atoms with Gasteiger partial charge in [0.25, 0.3) is 0 Å². The number of H-pyrrole nitrogens is 1. The lowest BCUT2D eigenvalue weighted by Gasteiger charge is -2.44. The molecule has 5 heteroatoms. The maximum absolute atomic E-state index is 5.66. The van der Waals surface area contributed by atoms with Crippen LogP contribution in [0.1, 0.15) is 41.4 Å². The van der Waals surface area contributed by atoms with E-state index < -0.39 is 0 Å². The highest BCUT2D eigenvalue weighted by atomic mass is 16.7. The highest BCUT2D eigenvalue weighted by molar-refractivity contribution is 5.86. The van der Waals surface area contributed by atoms with E-state index in [2.05, 4.69) is 41.1 Å². The second-order valence-electron chi connectivity index (χ2n) is 7.72. The van der Waals surface area contributed by atoms with Gasteiger partial charge in [0, 0.05) is 35.2 Å². The molecule has 0 radical (unpaired) electrons. The molecule has 5 nitrogen and oxygen atoms in total. The molecule has 1 aromatic heterocycles. The molecule has 0 spiro atoms. The third-order valence-corrected chi connectivity index (χ3v) is 6.49. The Morgan fingerprint density at radius 2 is 2.00 bits per heavy atom. The van der Waals surface area contributed by atoms with Gasteiger partial charge in [0.05, 0.1) is 7.11 Å². The van der Waals surface area contributed by atoms with Crippen LogP contribution in [-0.4, -0.2) is 30.3 Å². The van der Waals surface area contributed by atoms with Crippen molar-refractivity contribution in [3.63, 3.8) is 0 Å². The van der Waals surface area contributed by atoms with Crippen LogP contribution in [0.15, 0.2) is 30.3 Å². The Balaban J connectivity index is 1.51. The summed E-state index contributed by atoms with van der Waals surface area (Å²) in [7, 11) is 1.73. The van der Waals surface area contributed by atoms with Crippen LogP contribution in [0.2, 0.25) is 0 Å². The maximum Gasteiger partial charge on any atom is 0.231 e. The van der Waals surface area contributed by atoms with E-state index in [0.717, 1.165) is 36.6 Å². The smallest absolute Gasteiger partial charge is 0.231 e. The van der Waals surface area contributed by atoms with E-state index in [0.29, 0.717) is 18.9 Å². The molecule has 4 heterocycles. The third kappa shape index (κ3) is 2.09. The summed E-state index contributed by atoms with van der Waals surface area (Å²) in [6.07, 6.45) is 2.05. The van der Waals surface area contributed by atoms with Gasteiger partial charge in [-0.05, 0) is 66.8 Å². The summed E-state index contributed by atoms with van der Waals surface area (Å²) in [5.41, 5.74) is 6.74. The van der Waals surface area contributed by atoms with Crippen molar-refractivity contribution in [1.82, 2.24) is 9.88 Å². The van der Waals surface area contributed by atoms with Crippen molar-refractivity contribution in [3.8, 4) is 17.2 Å². The minimum absolute atomic E-state index is 0.329. The van der Waals surface area contributed by atoms with Crippen LogP contribution >= 0.6 is 0 Å². The minimum atomic E-state index is 0.329. The number of hydrogen-bond donors (Lipinski definition) is 1. The van der Waals surface area contributed by atoms with Crippen LogP contribution in [0.4, 0.5) is 0 Å². The zero-order valence-corrected chi connectivity index (χ0v) is 15.5. The molecule has 0 saturated carbocycles. The number of aromatic nitrogens is 1. The molecule has 2 aromatic carbocycles. The summed E-state index contributed by atoms with van der Waals surface area (Å²) in [5, 5.41) is 1.28. The van der Waals surface area contributed by atoms with E-state index in [1.54, 1.807) is 7.11 Å². The predicted molar refractivity (Wildman–Crippen MR) is 103 cm³/mol. The van der Waals surface area contributed by atoms with Crippen molar-refractivity contribution in [2.75, 3.05) is 20.4 Å². The lowest BCUT2D eigenvalue weighted by atomic mass is 9.82. The number of rotatable bonds is 1. The summed E-state index contributed by atoms with van der Waals surface area (Å²) in [6.45, 7) is 3.71. The van der Waals surface area contributed by atoms with Gasteiger partial charge in [-0.1, -0.05) is 0 Å². The van der Waals surface area contributed by atoms with Crippen molar-refractivity contribution >= 4 is 10.9 Å². The monoisotopic (exact) mass is 362 g/mol. The SMILES string of the molecule is COc1ccc2[nH]c3c(c2c1)CC1c2cc4c(cc2CCN1[C@H]3C)OCO4. The largest absolute Gasteiger partial charge is 0.497 e. The van der Waals surface area contributed by atoms with Crippen molar-refractivity contribution in [1.29, 1.82) is 0 Å². The normalized spacial score (nSPS) is 23.0. The Kier molecular flexibility index (Phi) is 3.09. The molecular formula is C22H22N2O3. The molecule has 0 bridgehead atoms. The number of fused-ring (bicyclic) bond motifs is 7. The first-order chi connectivity index (χ1) is 13.2. The number of hydrogen-bond acceptors (Lipinski definition) is 4. The van der Waals surface area contributed by atoms with Crippen LogP contribution < -0.4 is 14.2 Å². The molecule has 0 aliphatic carbocycles. The second-order valence-corrected chi connectivity index (χ2v) is 7.72. The average molecular weight is 362 g/mol. The van der Waals surface area contributed by atoms with E-state index in [4.69, 9.17) is 14.2 Å². The van der Waals surface area contributed by atoms with Gasteiger partial charge >= 0.3 is 0 Å². The van der Waals surface area contributed by atoms with Crippen LogP contribution in [-0.2, 0) is 12.8 Å². The molecule has 6 rings (SSSR count). The Hall–Kier alpha value is -2.66. The fourth-order valence-electron chi connectivity index (χ4n) is 5.11. The van der Waals surface area contributed by atoms with Crippen LogP contribution in [0.5, 0.6) is 17.2 Å². The Morgan fingerprint density at radius 3 is 2.85 bits per heavy atom. The number of methoxy groups -OCH3 is 1. The summed E-state index contributed by atoms with van der Waals surface area (Å²) < 4.78 is 16.7. The molecule has 0 saturated heterocycles. The summed E-state index contributed by atoms with van der Waals surface area (Å²) in [4.78, 5) is 6.30. The van der Waals surface area contributed by atoms with Gasteiger partial charge in [0.15, 0.2) is 11.5 Å². The van der Waals surface area contributed by atoms with E-state index in [9.17, 15) is 0 Å². The average Bonchev–Trinajstić information content (AvgIpc) is 3.30. The van der Waals surface area contributed by atoms with Crippen molar-refractivity contribution in [3.05, 3.63) is 52.7 Å². The number of benzene rings is 2. The van der Waals surface area contributed by atoms with E-state index >= 15 is 0 Å². The van der Waals surface area contributed by atoms with Gasteiger partial charge in [0.2, 0.25) is 6.79 Å². The molecule has 27 heavy (non-hydrogen) atoms. The van der Waals surface area contributed by atoms with Crippen LogP contribution in [0.25, 0.3) is 10.9 Å². The van der Waals surface area contributed by atoms with Gasteiger partial charge in [-0.2, -0.15) is 0 Å². The summed E-state index contributed by atoms with van der Waals surface area (Å²) in [5.74, 6) is 2.69. The standard InChI is InChI=1S/C22H22N2O3/c1-12-22-17(16-8-14(25-2)3-4-18(16)23-22)9-19-15-10-21-20(26-11-27-21)7-13(15)5-6-24(12)19/h3-4,7-8,10,12,19,23H,5-6,9,11H2,1-2H3/t12-,19?/m0/s1. The molecule has 0 amide bonds. The minimum Gasteiger partial charge on any atom is -0.497 e. The molecule has 138 valence electrons. The molecule has 3 aliphatic rings. The summed E-state index contributed by atoms with van der Waals surface area (Å²) >= 11 is 0. The fraction of sp³-hybridized carbons (Fsp3) is 0.364. The van der Waals surface area contributed by atoms with Crippen LogP contribution in [0.3, 0.4) is 0 Å². The topological polar surface area (TPSA) is 46.7 Å². The van der Waals surface area contributed by atoms with Gasteiger partial charge in [0.1, 0.15) is 5.75 Å². The lowest BCUT2D eigenvalue weighted by Crippen LogP contribution is -2.41. The lowest BCUT2D eigenvalue weighted by molar-refractivity contribution is 0.116. The first kappa shape index (κ1) is 15.4. The van der Waals surface area contributed by atoms with Gasteiger partial charge in [-0.3, -0.25) is 4.90 Å². The Bertz CT molecular complexity index is 1070. The van der Waals surface area contributed by atoms with Gasteiger partial charge in [-0.25, -0.2) is 0 Å². The maximum atomic E-state index is 5.66. The number of aromatic amines is 1. The zero-order valence-electron chi connectivity index (χ0n) is 15.5. The highest BCUT2D eigenvalue weighted by Gasteiger charge is 2.39. The second kappa shape index (κ2) is 5.42. The quantitative estimate of drug-likeness (QED) is 0.707. The highest BCUT2D eigenvalue weighted by Crippen LogP contribution is 2.48. The van der Waals surface area contributed by atoms with E-state index in [1.165, 1.54) is 33.3 Å².